The first-order valence-corrected chi connectivity index (χ1v) is 16.5. The first-order valence-electron chi connectivity index (χ1n) is 16.5. The molecular formula is C42H40N4OPt. The Kier molecular flexibility index (Phi) is 9.20. The Morgan fingerprint density at radius 1 is 0.812 bits per heavy atom. The van der Waals surface area contributed by atoms with Crippen LogP contribution in [-0.2, 0) is 32.9 Å². The SMILES string of the molecule is CCc1cc(Oc2[c-]c3c(cc2)c2cc(C(C)(C)CC)ccc2n3-c2cc(C)ccn2)[c-]c(-n2nc(C)c(-c3ccccc3)c2C)c1.[Pt+2]. The van der Waals surface area contributed by atoms with Gasteiger partial charge in [0.25, 0.3) is 0 Å². The number of aromatic nitrogens is 4. The van der Waals surface area contributed by atoms with Crippen molar-refractivity contribution < 1.29 is 25.8 Å². The summed E-state index contributed by atoms with van der Waals surface area (Å²) in [7, 11) is 0. The number of ether oxygens (including phenoxy) is 1. The summed E-state index contributed by atoms with van der Waals surface area (Å²) in [5, 5.41) is 7.24. The predicted molar refractivity (Wildman–Crippen MR) is 192 cm³/mol. The van der Waals surface area contributed by atoms with Crippen molar-refractivity contribution in [2.24, 2.45) is 0 Å². The minimum Gasteiger partial charge on any atom is -0.509 e. The average molecular weight is 812 g/mol. The van der Waals surface area contributed by atoms with Crippen molar-refractivity contribution in [3.05, 3.63) is 131 Å². The van der Waals surface area contributed by atoms with Crippen molar-refractivity contribution in [2.45, 2.75) is 66.7 Å². The van der Waals surface area contributed by atoms with E-state index in [1.807, 2.05) is 29.1 Å². The zero-order valence-corrected chi connectivity index (χ0v) is 30.9. The van der Waals surface area contributed by atoms with Gasteiger partial charge in [-0.05, 0) is 78.6 Å². The average Bonchev–Trinajstić information content (AvgIpc) is 3.56. The van der Waals surface area contributed by atoms with Crippen LogP contribution in [0.25, 0.3) is 44.4 Å². The predicted octanol–water partition coefficient (Wildman–Crippen LogP) is 10.6. The van der Waals surface area contributed by atoms with Gasteiger partial charge in [0.05, 0.1) is 5.69 Å². The number of rotatable bonds is 8. The van der Waals surface area contributed by atoms with Crippen LogP contribution in [0, 0.1) is 32.9 Å². The van der Waals surface area contributed by atoms with E-state index in [2.05, 4.69) is 132 Å². The summed E-state index contributed by atoms with van der Waals surface area (Å²) in [6, 6.07) is 36.9. The molecule has 0 fully saturated rings. The summed E-state index contributed by atoms with van der Waals surface area (Å²) in [4.78, 5) is 4.78. The molecule has 4 aromatic carbocycles. The Hall–Kier alpha value is -4.47. The minimum absolute atomic E-state index is 0. The molecule has 0 amide bonds. The molecule has 0 N–H and O–H groups in total. The largest absolute Gasteiger partial charge is 2.00 e. The summed E-state index contributed by atoms with van der Waals surface area (Å²) in [5.74, 6) is 2.12. The van der Waals surface area contributed by atoms with E-state index >= 15 is 0 Å². The molecule has 48 heavy (non-hydrogen) atoms. The third-order valence-electron chi connectivity index (χ3n) is 9.54. The molecule has 0 atom stereocenters. The molecule has 3 heterocycles. The van der Waals surface area contributed by atoms with Gasteiger partial charge in [-0.3, -0.25) is 4.68 Å². The van der Waals surface area contributed by atoms with Gasteiger partial charge in [-0.15, -0.1) is 35.7 Å². The molecule has 0 aliphatic carbocycles. The van der Waals surface area contributed by atoms with Crippen molar-refractivity contribution in [3.63, 3.8) is 0 Å². The van der Waals surface area contributed by atoms with Crippen molar-refractivity contribution >= 4 is 21.8 Å². The van der Waals surface area contributed by atoms with Gasteiger partial charge in [0.1, 0.15) is 5.82 Å². The van der Waals surface area contributed by atoms with Crippen LogP contribution in [0.4, 0.5) is 0 Å². The van der Waals surface area contributed by atoms with Crippen molar-refractivity contribution in [3.8, 4) is 34.1 Å². The molecule has 0 radical (unpaired) electrons. The molecular weight excluding hydrogens is 772 g/mol. The Labute approximate surface area is 297 Å². The maximum absolute atomic E-state index is 6.57. The molecule has 0 saturated heterocycles. The monoisotopic (exact) mass is 811 g/mol. The van der Waals surface area contributed by atoms with Crippen LogP contribution in [-0.4, -0.2) is 19.3 Å². The van der Waals surface area contributed by atoms with E-state index in [-0.39, 0.29) is 26.5 Å². The number of aryl methyl sites for hydroxylation is 3. The molecule has 7 rings (SSSR count). The fourth-order valence-electron chi connectivity index (χ4n) is 6.47. The molecule has 7 aromatic rings. The zero-order chi connectivity index (χ0) is 32.9. The number of hydrogen-bond acceptors (Lipinski definition) is 3. The molecule has 244 valence electrons. The molecule has 6 heteroatoms. The summed E-state index contributed by atoms with van der Waals surface area (Å²) in [6.45, 7) is 15.3. The van der Waals surface area contributed by atoms with E-state index in [0.717, 1.165) is 74.4 Å². The van der Waals surface area contributed by atoms with Crippen LogP contribution in [0.2, 0.25) is 0 Å². The van der Waals surface area contributed by atoms with Crippen LogP contribution in [0.15, 0.2) is 91.1 Å². The van der Waals surface area contributed by atoms with Crippen LogP contribution >= 0.6 is 0 Å². The maximum Gasteiger partial charge on any atom is 2.00 e. The fraction of sp³-hybridized carbons (Fsp3) is 0.238. The summed E-state index contributed by atoms with van der Waals surface area (Å²) >= 11 is 0. The summed E-state index contributed by atoms with van der Waals surface area (Å²) in [6.07, 6.45) is 3.78. The Bertz CT molecular complexity index is 2260. The van der Waals surface area contributed by atoms with Gasteiger partial charge in [-0.2, -0.15) is 16.7 Å². The Balaban J connectivity index is 0.00000401. The van der Waals surface area contributed by atoms with E-state index in [4.69, 9.17) is 14.8 Å². The van der Waals surface area contributed by atoms with Gasteiger partial charge >= 0.3 is 21.1 Å². The normalized spacial score (nSPS) is 11.6. The second-order valence-corrected chi connectivity index (χ2v) is 13.1. The second kappa shape index (κ2) is 13.2. The second-order valence-electron chi connectivity index (χ2n) is 13.1. The third-order valence-corrected chi connectivity index (χ3v) is 9.54. The number of fused-ring (bicyclic) bond motifs is 3. The molecule has 5 nitrogen and oxygen atoms in total. The minimum atomic E-state index is 0. The number of hydrogen-bond donors (Lipinski definition) is 0. The van der Waals surface area contributed by atoms with Gasteiger partial charge in [-0.1, -0.05) is 82.1 Å². The smallest absolute Gasteiger partial charge is 0.509 e. The third kappa shape index (κ3) is 6.01. The van der Waals surface area contributed by atoms with Crippen LogP contribution in [0.5, 0.6) is 11.5 Å². The standard InChI is InChI=1S/C42H40N4O.Pt/c1-8-30-22-33(46-29(5)41(28(4)44-46)31-13-11-10-12-14-31)25-35(23-30)47-34-16-17-36-37-24-32(42(6,7)9-2)15-18-38(37)45(39(36)26-34)40-21-27(3)19-20-43-40;/h10-24H,8-9H2,1-7H3;/q-2;+2. The zero-order valence-electron chi connectivity index (χ0n) is 28.6. The Morgan fingerprint density at radius 3 is 2.33 bits per heavy atom. The van der Waals surface area contributed by atoms with Crippen molar-refractivity contribution in [1.29, 1.82) is 0 Å². The topological polar surface area (TPSA) is 44.9 Å². The molecule has 0 unspecified atom stereocenters. The molecule has 0 aliphatic rings. The van der Waals surface area contributed by atoms with Gasteiger partial charge in [0.2, 0.25) is 0 Å². The number of benzene rings is 4. The van der Waals surface area contributed by atoms with E-state index < -0.39 is 0 Å². The molecule has 0 saturated carbocycles. The van der Waals surface area contributed by atoms with Crippen molar-refractivity contribution in [1.82, 2.24) is 19.3 Å². The van der Waals surface area contributed by atoms with E-state index in [1.54, 1.807) is 0 Å². The fourth-order valence-corrected chi connectivity index (χ4v) is 6.47. The van der Waals surface area contributed by atoms with E-state index in [1.165, 1.54) is 10.9 Å². The molecule has 0 spiro atoms. The van der Waals surface area contributed by atoms with E-state index in [0.29, 0.717) is 11.5 Å². The quantitative estimate of drug-likeness (QED) is 0.144. The molecule has 0 aliphatic heterocycles. The van der Waals surface area contributed by atoms with Gasteiger partial charge in [0, 0.05) is 34.5 Å². The molecule has 3 aromatic heterocycles. The van der Waals surface area contributed by atoms with E-state index in [9.17, 15) is 0 Å². The first kappa shape index (κ1) is 33.4. The van der Waals surface area contributed by atoms with Crippen molar-refractivity contribution in [2.75, 3.05) is 0 Å². The number of pyridine rings is 1. The van der Waals surface area contributed by atoms with Gasteiger partial charge in [-0.25, -0.2) is 4.98 Å². The first-order chi connectivity index (χ1) is 22.7. The van der Waals surface area contributed by atoms with Gasteiger partial charge in [0.15, 0.2) is 0 Å². The van der Waals surface area contributed by atoms with Crippen LogP contribution in [0.3, 0.4) is 0 Å². The maximum atomic E-state index is 6.57. The molecule has 0 bridgehead atoms. The Morgan fingerprint density at radius 2 is 1.60 bits per heavy atom. The number of nitrogens with zero attached hydrogens (tertiary/aromatic N) is 4. The summed E-state index contributed by atoms with van der Waals surface area (Å²) < 4.78 is 10.8. The summed E-state index contributed by atoms with van der Waals surface area (Å²) in [5.41, 5.74) is 10.9. The van der Waals surface area contributed by atoms with Crippen LogP contribution < -0.4 is 4.74 Å². The van der Waals surface area contributed by atoms with Gasteiger partial charge < -0.3 is 9.30 Å². The van der Waals surface area contributed by atoms with Crippen LogP contribution in [0.1, 0.15) is 62.2 Å².